The number of nitrogens with zero attached hydrogens (tertiary/aromatic N) is 4. The van der Waals surface area contributed by atoms with Crippen molar-refractivity contribution in [3.63, 3.8) is 0 Å². The van der Waals surface area contributed by atoms with Crippen molar-refractivity contribution in [1.82, 2.24) is 0 Å². The molecule has 1 unspecified atom stereocenters. The number of amidine groups is 1. The summed E-state index contributed by atoms with van der Waals surface area (Å²) in [5.41, 5.74) is 0.811. The van der Waals surface area contributed by atoms with E-state index in [4.69, 9.17) is 15.3 Å². The maximum atomic E-state index is 13.4. The van der Waals surface area contributed by atoms with Gasteiger partial charge in [0.25, 0.3) is 0 Å². The van der Waals surface area contributed by atoms with Crippen LogP contribution in [0.5, 0.6) is 0 Å². The Labute approximate surface area is 199 Å². The molecule has 1 aliphatic heterocycles. The Morgan fingerprint density at radius 1 is 1.21 bits per heavy atom. The molecule has 10 heteroatoms. The second kappa shape index (κ2) is 10.4. The molecule has 0 aromatic heterocycles. The number of halogens is 3. The van der Waals surface area contributed by atoms with E-state index < -0.39 is 23.8 Å². The zero-order valence-electron chi connectivity index (χ0n) is 18.3. The Kier molecular flexibility index (Phi) is 7.64. The summed E-state index contributed by atoms with van der Waals surface area (Å²) in [5.74, 6) is -0.657. The average molecular weight is 485 g/mol. The third-order valence-corrected chi connectivity index (χ3v) is 5.80. The highest BCUT2D eigenvalue weighted by Crippen LogP contribution is 2.40. The molecule has 1 heterocycles. The highest BCUT2D eigenvalue weighted by molar-refractivity contribution is 8.14. The predicted molar refractivity (Wildman–Crippen MR) is 123 cm³/mol. The van der Waals surface area contributed by atoms with Gasteiger partial charge in [0.05, 0.1) is 41.2 Å². The second-order valence-corrected chi connectivity index (χ2v) is 8.04. The monoisotopic (exact) mass is 484 g/mol. The van der Waals surface area contributed by atoms with Crippen LogP contribution in [0.3, 0.4) is 0 Å². The number of ether oxygens (including phenoxy) is 1. The van der Waals surface area contributed by atoms with Crippen LogP contribution in [-0.4, -0.2) is 23.5 Å². The molecule has 0 radical (unpaired) electrons. The lowest BCUT2D eigenvalue weighted by molar-refractivity contribution is -0.139. The number of hydrogen-bond acceptors (Lipinski definition) is 7. The van der Waals surface area contributed by atoms with Crippen LogP contribution in [0.25, 0.3) is 0 Å². The molecule has 6 nitrogen and oxygen atoms in total. The van der Waals surface area contributed by atoms with Gasteiger partial charge in [-0.15, -0.1) is 0 Å². The van der Waals surface area contributed by atoms with Crippen molar-refractivity contribution >= 4 is 28.6 Å². The SMILES string of the molecule is CCOC(=O)C1=C(C)N(c2cccc(C(F)(F)F)c2)C(SCC#N)=NC1c1ccc(C#N)cc1. The van der Waals surface area contributed by atoms with Crippen LogP contribution in [0, 0.1) is 22.7 Å². The molecule has 0 bridgehead atoms. The predicted octanol–water partition coefficient (Wildman–Crippen LogP) is 5.59. The van der Waals surface area contributed by atoms with E-state index in [2.05, 4.69) is 4.99 Å². The van der Waals surface area contributed by atoms with E-state index in [1.54, 1.807) is 38.1 Å². The van der Waals surface area contributed by atoms with Gasteiger partial charge in [-0.1, -0.05) is 30.0 Å². The topological polar surface area (TPSA) is 89.5 Å². The van der Waals surface area contributed by atoms with Gasteiger partial charge >= 0.3 is 12.1 Å². The van der Waals surface area contributed by atoms with Gasteiger partial charge in [0.1, 0.15) is 6.04 Å². The number of aliphatic imine (C=N–C) groups is 1. The van der Waals surface area contributed by atoms with E-state index >= 15 is 0 Å². The minimum absolute atomic E-state index is 0.00357. The molecule has 3 rings (SSSR count). The zero-order chi connectivity index (χ0) is 24.9. The molecule has 0 N–H and O–H groups in total. The molecule has 2 aromatic rings. The van der Waals surface area contributed by atoms with Crippen molar-refractivity contribution in [3.8, 4) is 12.1 Å². The number of rotatable bonds is 5. The molecule has 0 spiro atoms. The Balaban J connectivity index is 2.21. The van der Waals surface area contributed by atoms with E-state index in [0.717, 1.165) is 23.9 Å². The zero-order valence-corrected chi connectivity index (χ0v) is 19.1. The van der Waals surface area contributed by atoms with Gasteiger partial charge in [0.2, 0.25) is 0 Å². The first-order valence-electron chi connectivity index (χ1n) is 10.1. The molecule has 34 heavy (non-hydrogen) atoms. The first-order valence-corrected chi connectivity index (χ1v) is 11.1. The van der Waals surface area contributed by atoms with Gasteiger partial charge in [-0.05, 0) is 49.7 Å². The summed E-state index contributed by atoms with van der Waals surface area (Å²) in [6.45, 7) is 3.35. The molecule has 0 saturated carbocycles. The van der Waals surface area contributed by atoms with E-state index in [-0.39, 0.29) is 28.8 Å². The minimum atomic E-state index is -4.56. The maximum absolute atomic E-state index is 13.4. The molecular weight excluding hydrogens is 465 g/mol. The smallest absolute Gasteiger partial charge is 0.416 e. The van der Waals surface area contributed by atoms with Gasteiger partial charge in [0.15, 0.2) is 5.17 Å². The summed E-state index contributed by atoms with van der Waals surface area (Å²) in [4.78, 5) is 19.1. The number of carbonyl (C=O) groups excluding carboxylic acids is 1. The fourth-order valence-corrected chi connectivity index (χ4v) is 4.21. The van der Waals surface area contributed by atoms with Gasteiger partial charge in [-0.25, -0.2) is 9.79 Å². The number of esters is 1. The van der Waals surface area contributed by atoms with Crippen LogP contribution in [0.4, 0.5) is 18.9 Å². The highest BCUT2D eigenvalue weighted by atomic mass is 32.2. The van der Waals surface area contributed by atoms with Crippen LogP contribution in [-0.2, 0) is 15.7 Å². The third kappa shape index (κ3) is 5.24. The van der Waals surface area contributed by atoms with Crippen LogP contribution in [0.2, 0.25) is 0 Å². The van der Waals surface area contributed by atoms with Crippen molar-refractivity contribution in [1.29, 1.82) is 10.5 Å². The lowest BCUT2D eigenvalue weighted by atomic mass is 9.95. The van der Waals surface area contributed by atoms with E-state index in [1.165, 1.54) is 17.0 Å². The third-order valence-electron chi connectivity index (χ3n) is 4.98. The van der Waals surface area contributed by atoms with E-state index in [0.29, 0.717) is 16.8 Å². The van der Waals surface area contributed by atoms with E-state index in [1.807, 2.05) is 12.1 Å². The van der Waals surface area contributed by atoms with Gasteiger partial charge < -0.3 is 4.74 Å². The largest absolute Gasteiger partial charge is 0.463 e. The Morgan fingerprint density at radius 2 is 1.91 bits per heavy atom. The van der Waals surface area contributed by atoms with Gasteiger partial charge in [-0.2, -0.15) is 23.7 Å². The molecule has 0 aliphatic carbocycles. The normalized spacial score (nSPS) is 15.9. The molecule has 0 amide bonds. The van der Waals surface area contributed by atoms with E-state index in [9.17, 15) is 18.0 Å². The summed E-state index contributed by atoms with van der Waals surface area (Å²) in [6.07, 6.45) is -4.56. The number of alkyl halides is 3. The van der Waals surface area contributed by atoms with Crippen LogP contribution in [0.1, 0.15) is 36.6 Å². The van der Waals surface area contributed by atoms with Crippen LogP contribution < -0.4 is 4.90 Å². The molecule has 174 valence electrons. The lowest BCUT2D eigenvalue weighted by Gasteiger charge is -2.34. The number of allylic oxidation sites excluding steroid dienone is 1. The molecule has 2 aromatic carbocycles. The van der Waals surface area contributed by atoms with Gasteiger partial charge in [-0.3, -0.25) is 4.90 Å². The number of hydrogen-bond donors (Lipinski definition) is 0. The highest BCUT2D eigenvalue weighted by Gasteiger charge is 2.36. The Morgan fingerprint density at radius 3 is 2.50 bits per heavy atom. The van der Waals surface area contributed by atoms with Crippen LogP contribution >= 0.6 is 11.8 Å². The number of carbonyl (C=O) groups is 1. The maximum Gasteiger partial charge on any atom is 0.416 e. The molecule has 1 atom stereocenters. The number of thioether (sulfide) groups is 1. The molecule has 0 saturated heterocycles. The first kappa shape index (κ1) is 24.9. The fraction of sp³-hybridized carbons (Fsp3) is 0.250. The Bertz CT molecular complexity index is 1220. The number of benzene rings is 2. The summed E-state index contributed by atoms with van der Waals surface area (Å²) >= 11 is 1.05. The molecular formula is C24H19F3N4O2S. The van der Waals surface area contributed by atoms with Gasteiger partial charge in [0, 0.05) is 11.4 Å². The lowest BCUT2D eigenvalue weighted by Crippen LogP contribution is -2.35. The van der Waals surface area contributed by atoms with Crippen molar-refractivity contribution < 1.29 is 22.7 Å². The standard InChI is InChI=1S/C24H19F3N4O2S/c1-3-33-22(32)20-15(2)31(19-6-4-5-18(13-19)24(25,26)27)23(34-12-11-28)30-21(20)17-9-7-16(14-29)8-10-17/h4-10,13,21H,3,12H2,1-2H3. The second-order valence-electron chi connectivity index (χ2n) is 7.10. The number of anilines is 1. The summed E-state index contributed by atoms with van der Waals surface area (Å²) in [5, 5.41) is 18.5. The molecule has 1 aliphatic rings. The first-order chi connectivity index (χ1) is 16.2. The van der Waals surface area contributed by atoms with Crippen molar-refractivity contribution in [2.45, 2.75) is 26.1 Å². The van der Waals surface area contributed by atoms with Crippen LogP contribution in [0.15, 0.2) is 64.8 Å². The fourth-order valence-electron chi connectivity index (χ4n) is 3.47. The Hall–Kier alpha value is -3.76. The summed E-state index contributed by atoms with van der Waals surface area (Å²) in [7, 11) is 0. The average Bonchev–Trinajstić information content (AvgIpc) is 2.82. The quantitative estimate of drug-likeness (QED) is 0.514. The van der Waals surface area contributed by atoms with Crippen molar-refractivity contribution in [2.75, 3.05) is 17.3 Å². The van der Waals surface area contributed by atoms with Crippen molar-refractivity contribution in [2.24, 2.45) is 4.99 Å². The summed E-state index contributed by atoms with van der Waals surface area (Å²) in [6, 6.07) is 14.4. The molecule has 0 fully saturated rings. The summed E-state index contributed by atoms with van der Waals surface area (Å²) < 4.78 is 45.4. The minimum Gasteiger partial charge on any atom is -0.463 e. The van der Waals surface area contributed by atoms with Crippen molar-refractivity contribution in [3.05, 3.63) is 76.5 Å². The number of nitriles is 2.